The van der Waals surface area contributed by atoms with Crippen molar-refractivity contribution in [2.75, 3.05) is 0 Å². The van der Waals surface area contributed by atoms with Crippen molar-refractivity contribution in [3.05, 3.63) is 53.6 Å². The molecule has 1 atom stereocenters. The molecule has 144 valence electrons. The molecule has 26 heavy (non-hydrogen) atoms. The summed E-state index contributed by atoms with van der Waals surface area (Å²) in [4.78, 5) is 0. The molecule has 1 aliphatic rings. The smallest absolute Gasteiger partial charge is 0.0791 e. The molecule has 0 saturated heterocycles. The van der Waals surface area contributed by atoms with Gasteiger partial charge >= 0.3 is 0 Å². The van der Waals surface area contributed by atoms with Gasteiger partial charge in [0.15, 0.2) is 0 Å². The number of hydrogen-bond donors (Lipinski definition) is 1. The lowest BCUT2D eigenvalue weighted by molar-refractivity contribution is 0.424. The van der Waals surface area contributed by atoms with Crippen LogP contribution in [0.3, 0.4) is 0 Å². The third kappa shape index (κ3) is 7.63. The summed E-state index contributed by atoms with van der Waals surface area (Å²) in [6, 6.07) is 11.1. The van der Waals surface area contributed by atoms with E-state index >= 15 is 0 Å². The Hall–Kier alpha value is -1.12. The molecule has 1 N–H and O–H groups in total. The zero-order valence-electron chi connectivity index (χ0n) is 17.5. The van der Waals surface area contributed by atoms with Crippen molar-refractivity contribution in [3.63, 3.8) is 0 Å². The number of unbranched alkanes of at least 4 members (excludes halogenated alkanes) is 5. The Bertz CT molecular complexity index is 580. The van der Waals surface area contributed by atoms with Crippen LogP contribution in [0.4, 0.5) is 0 Å². The molecule has 1 aromatic carbocycles. The van der Waals surface area contributed by atoms with E-state index < -0.39 is 0 Å². The van der Waals surface area contributed by atoms with Crippen molar-refractivity contribution < 1.29 is 0 Å². The Kier molecular flexibility index (Phi) is 8.87. The van der Waals surface area contributed by atoms with E-state index in [0.29, 0.717) is 5.67 Å². The Balaban J connectivity index is 2.01. The van der Waals surface area contributed by atoms with Crippen molar-refractivity contribution >= 4 is 14.7 Å². The first-order chi connectivity index (χ1) is 12.5. The van der Waals surface area contributed by atoms with Crippen molar-refractivity contribution in [3.8, 4) is 0 Å². The molecule has 0 heterocycles. The van der Waals surface area contributed by atoms with Crippen LogP contribution >= 0.6 is 0 Å². The van der Waals surface area contributed by atoms with Gasteiger partial charge in [0, 0.05) is 11.2 Å². The average molecular weight is 370 g/mol. The van der Waals surface area contributed by atoms with Crippen molar-refractivity contribution in [1.82, 2.24) is 5.32 Å². The third-order valence-corrected chi connectivity index (χ3v) is 7.23. The Morgan fingerprint density at radius 3 is 2.38 bits per heavy atom. The summed E-state index contributed by atoms with van der Waals surface area (Å²) in [6.45, 7) is 9.20. The number of nitrogens with one attached hydrogen (secondary N) is 1. The van der Waals surface area contributed by atoms with E-state index in [2.05, 4.69) is 75.5 Å². The maximum absolute atomic E-state index is 3.96. The first-order valence-electron chi connectivity index (χ1n) is 10.7. The molecule has 1 aliphatic carbocycles. The molecule has 0 fully saturated rings. The lowest BCUT2D eigenvalue weighted by Crippen LogP contribution is -2.50. The van der Waals surface area contributed by atoms with Crippen LogP contribution in [0.2, 0.25) is 0 Å². The first kappa shape index (κ1) is 21.2. The Labute approximate surface area is 164 Å². The summed E-state index contributed by atoms with van der Waals surface area (Å²) in [6.07, 6.45) is 15.5. The van der Waals surface area contributed by atoms with Crippen molar-refractivity contribution in [1.29, 1.82) is 0 Å². The highest BCUT2D eigenvalue weighted by molar-refractivity contribution is 6.56. The van der Waals surface area contributed by atoms with E-state index in [1.165, 1.54) is 44.9 Å². The number of rotatable bonds is 11. The molecule has 0 bridgehead atoms. The van der Waals surface area contributed by atoms with E-state index in [1.807, 2.05) is 0 Å². The molecule has 1 aromatic rings. The predicted molar refractivity (Wildman–Crippen MR) is 120 cm³/mol. The molecular formula is C24H39NSi. The molecule has 2 heteroatoms. The summed E-state index contributed by atoms with van der Waals surface area (Å²) < 4.78 is 0. The third-order valence-electron chi connectivity index (χ3n) is 5.18. The van der Waals surface area contributed by atoms with Crippen LogP contribution in [0.25, 0.3) is 0 Å². The highest BCUT2D eigenvalue weighted by atomic mass is 28.2. The maximum atomic E-state index is 3.96. The molecule has 0 aromatic heterocycles. The zero-order valence-corrected chi connectivity index (χ0v) is 18.9. The van der Waals surface area contributed by atoms with E-state index in [4.69, 9.17) is 0 Å². The molecule has 0 amide bonds. The van der Waals surface area contributed by atoms with Gasteiger partial charge in [0.25, 0.3) is 0 Å². The predicted octanol–water partition coefficient (Wildman–Crippen LogP) is 5.20. The molecule has 0 aliphatic heterocycles. The van der Waals surface area contributed by atoms with Gasteiger partial charge in [0.2, 0.25) is 0 Å². The minimum absolute atomic E-state index is 0.160. The van der Waals surface area contributed by atoms with Crippen LogP contribution in [0, 0.1) is 0 Å². The number of hydrogen-bond acceptors (Lipinski definition) is 1. The van der Waals surface area contributed by atoms with Gasteiger partial charge in [-0.3, -0.25) is 0 Å². The van der Waals surface area contributed by atoms with Gasteiger partial charge in [-0.15, -0.1) is 0 Å². The van der Waals surface area contributed by atoms with Crippen LogP contribution in [-0.4, -0.2) is 20.7 Å². The molecule has 1 nitrogen and oxygen atoms in total. The fraction of sp³-hybridized carbons (Fsp3) is 0.583. The summed E-state index contributed by atoms with van der Waals surface area (Å²) in [5.74, 6) is 0. The zero-order chi connectivity index (χ0) is 18.8. The fourth-order valence-corrected chi connectivity index (χ4v) is 6.31. The SMILES string of the molecule is CCCCCCCCC1=C(C(NC(C)(C)C)[SiH2]c2ccccc2)CC=C1. The Morgan fingerprint density at radius 1 is 1.00 bits per heavy atom. The van der Waals surface area contributed by atoms with Crippen LogP contribution < -0.4 is 10.5 Å². The summed E-state index contributed by atoms with van der Waals surface area (Å²) >= 11 is 0. The minimum Gasteiger partial charge on any atom is -0.308 e. The molecule has 1 unspecified atom stereocenters. The van der Waals surface area contributed by atoms with Gasteiger partial charge in [-0.05, 0) is 51.2 Å². The van der Waals surface area contributed by atoms with Gasteiger partial charge in [0.1, 0.15) is 0 Å². The van der Waals surface area contributed by atoms with Crippen LogP contribution in [0.1, 0.15) is 79.1 Å². The second kappa shape index (κ2) is 10.9. The summed E-state index contributed by atoms with van der Waals surface area (Å²) in [5, 5.41) is 5.52. The van der Waals surface area contributed by atoms with Crippen LogP contribution in [-0.2, 0) is 0 Å². The molecule has 0 spiro atoms. The van der Waals surface area contributed by atoms with Gasteiger partial charge in [-0.2, -0.15) is 0 Å². The molecule has 2 rings (SSSR count). The largest absolute Gasteiger partial charge is 0.308 e. The standard InChI is InChI=1S/C24H39NSi/c1-5-6-7-8-9-11-15-20-16-14-19-22(20)23(25-24(2,3)4)26-21-17-12-10-13-18-21/h10,12-14,16-18,23,25H,5-9,11,15,19,26H2,1-4H3. The van der Waals surface area contributed by atoms with Gasteiger partial charge in [0.05, 0.1) is 9.52 Å². The van der Waals surface area contributed by atoms with Crippen molar-refractivity contribution in [2.45, 2.75) is 90.3 Å². The highest BCUT2D eigenvalue weighted by Crippen LogP contribution is 2.27. The topological polar surface area (TPSA) is 12.0 Å². The summed E-state index contributed by atoms with van der Waals surface area (Å²) in [5.41, 5.74) is 4.05. The molecule has 0 radical (unpaired) electrons. The highest BCUT2D eigenvalue weighted by Gasteiger charge is 2.24. The quantitative estimate of drug-likeness (QED) is 0.417. The first-order valence-corrected chi connectivity index (χ1v) is 12.2. The van der Waals surface area contributed by atoms with E-state index in [-0.39, 0.29) is 15.1 Å². The minimum atomic E-state index is -0.387. The second-order valence-corrected chi connectivity index (χ2v) is 10.9. The molecular weight excluding hydrogens is 330 g/mol. The van der Waals surface area contributed by atoms with E-state index in [0.717, 1.165) is 6.42 Å². The maximum Gasteiger partial charge on any atom is 0.0791 e. The lowest BCUT2D eigenvalue weighted by Gasteiger charge is -2.30. The van der Waals surface area contributed by atoms with Crippen molar-refractivity contribution in [2.24, 2.45) is 0 Å². The molecule has 0 saturated carbocycles. The fourth-order valence-electron chi connectivity index (χ4n) is 3.91. The van der Waals surface area contributed by atoms with Gasteiger partial charge in [-0.25, -0.2) is 0 Å². The van der Waals surface area contributed by atoms with Crippen LogP contribution in [0.15, 0.2) is 53.6 Å². The monoisotopic (exact) mass is 369 g/mol. The second-order valence-electron chi connectivity index (χ2n) is 8.81. The van der Waals surface area contributed by atoms with Gasteiger partial charge in [-0.1, -0.05) is 86.7 Å². The van der Waals surface area contributed by atoms with E-state index in [9.17, 15) is 0 Å². The number of allylic oxidation sites excluding steroid dienone is 3. The normalized spacial score (nSPS) is 16.2. The number of benzene rings is 1. The average Bonchev–Trinajstić information content (AvgIpc) is 3.06. The van der Waals surface area contributed by atoms with E-state index in [1.54, 1.807) is 16.3 Å². The van der Waals surface area contributed by atoms with Crippen LogP contribution in [0.5, 0.6) is 0 Å². The van der Waals surface area contributed by atoms with Gasteiger partial charge < -0.3 is 5.32 Å². The lowest BCUT2D eigenvalue weighted by atomic mass is 10.0. The Morgan fingerprint density at radius 2 is 1.69 bits per heavy atom. The summed E-state index contributed by atoms with van der Waals surface area (Å²) in [7, 11) is -0.387.